The highest BCUT2D eigenvalue weighted by Gasteiger charge is 2.22. The van der Waals surface area contributed by atoms with Crippen molar-refractivity contribution < 1.29 is 0 Å². The molecule has 0 amide bonds. The van der Waals surface area contributed by atoms with Crippen LogP contribution in [0.4, 0.5) is 5.69 Å². The van der Waals surface area contributed by atoms with Crippen molar-refractivity contribution in [3.8, 4) is 0 Å². The van der Waals surface area contributed by atoms with Gasteiger partial charge in [0, 0.05) is 67.6 Å². The molecule has 0 unspecified atom stereocenters. The van der Waals surface area contributed by atoms with Gasteiger partial charge in [0.25, 0.3) is 0 Å². The molecule has 0 bridgehead atoms. The molecule has 234 valence electrons. The minimum atomic E-state index is 0.586. The Bertz CT molecular complexity index is 1100. The third-order valence-corrected chi connectivity index (χ3v) is 7.33. The number of likely N-dealkylation sites (N-methyl/N-ethyl adjacent to an activating group) is 1. The molecule has 0 aromatic heterocycles. The van der Waals surface area contributed by atoms with Crippen LogP contribution in [0.1, 0.15) is 85.4 Å². The Hall–Kier alpha value is -3.11. The number of benzene rings is 2. The van der Waals surface area contributed by atoms with Crippen LogP contribution >= 0.6 is 0 Å². The van der Waals surface area contributed by atoms with Crippen molar-refractivity contribution in [2.75, 3.05) is 31.6 Å². The van der Waals surface area contributed by atoms with Crippen molar-refractivity contribution in [1.29, 1.82) is 0 Å². The smallest absolute Gasteiger partial charge is 0.0387 e. The lowest BCUT2D eigenvalue weighted by Crippen LogP contribution is -2.54. The lowest BCUT2D eigenvalue weighted by Gasteiger charge is -2.39. The lowest BCUT2D eigenvalue weighted by atomic mass is 10.0. The number of rotatable bonds is 7. The van der Waals surface area contributed by atoms with Gasteiger partial charge in [0.05, 0.1) is 0 Å². The minimum absolute atomic E-state index is 0.586. The van der Waals surface area contributed by atoms with E-state index in [4.69, 9.17) is 0 Å². The third kappa shape index (κ3) is 14.2. The second-order valence-corrected chi connectivity index (χ2v) is 11.0. The first-order valence-corrected chi connectivity index (χ1v) is 15.8. The number of aryl methyl sites for hydroxylation is 3. The van der Waals surface area contributed by atoms with Crippen LogP contribution in [0.5, 0.6) is 0 Å². The van der Waals surface area contributed by atoms with E-state index in [0.717, 1.165) is 43.0 Å². The highest BCUT2D eigenvalue weighted by molar-refractivity contribution is 5.79. The number of aliphatic imine (C=N–C) groups is 1. The van der Waals surface area contributed by atoms with Gasteiger partial charge in [-0.05, 0) is 97.6 Å². The topological polar surface area (TPSA) is 30.9 Å². The van der Waals surface area contributed by atoms with Crippen molar-refractivity contribution in [3.63, 3.8) is 0 Å². The van der Waals surface area contributed by atoms with E-state index in [2.05, 4.69) is 144 Å². The summed E-state index contributed by atoms with van der Waals surface area (Å²) in [4.78, 5) is 9.04. The Kier molecular flexibility index (Phi) is 20.0. The zero-order valence-corrected chi connectivity index (χ0v) is 29.3. The van der Waals surface area contributed by atoms with E-state index < -0.39 is 0 Å². The molecule has 42 heavy (non-hydrogen) atoms. The summed E-state index contributed by atoms with van der Waals surface area (Å²) in [5.74, 6) is 0. The quantitative estimate of drug-likeness (QED) is 0.264. The van der Waals surface area contributed by atoms with Crippen molar-refractivity contribution >= 4 is 11.4 Å². The minimum Gasteiger partial charge on any atom is -0.375 e. The number of hydrogen-bond acceptors (Lipinski definition) is 4. The first kappa shape index (κ1) is 38.9. The van der Waals surface area contributed by atoms with Gasteiger partial charge in [-0.15, -0.1) is 0 Å². The summed E-state index contributed by atoms with van der Waals surface area (Å²) in [6.07, 6.45) is 5.07. The predicted molar refractivity (Wildman–Crippen MR) is 191 cm³/mol. The summed E-state index contributed by atoms with van der Waals surface area (Å²) in [5.41, 5.74) is 9.94. The molecule has 4 nitrogen and oxygen atoms in total. The molecule has 2 aromatic carbocycles. The van der Waals surface area contributed by atoms with Crippen LogP contribution in [-0.2, 0) is 0 Å². The highest BCUT2D eigenvalue weighted by atomic mass is 15.2. The Balaban J connectivity index is 0.000000612. The maximum atomic E-state index is 4.41. The van der Waals surface area contributed by atoms with Gasteiger partial charge in [-0.3, -0.25) is 4.99 Å². The van der Waals surface area contributed by atoms with E-state index in [1.165, 1.54) is 28.0 Å². The van der Waals surface area contributed by atoms with E-state index in [0.29, 0.717) is 12.1 Å². The average Bonchev–Trinajstić information content (AvgIpc) is 2.99. The summed E-state index contributed by atoms with van der Waals surface area (Å²) in [5, 5.41) is 3.50. The first-order valence-electron chi connectivity index (χ1n) is 15.8. The molecule has 1 saturated heterocycles. The van der Waals surface area contributed by atoms with E-state index in [9.17, 15) is 0 Å². The summed E-state index contributed by atoms with van der Waals surface area (Å²) in [6.45, 7) is 32.5. The van der Waals surface area contributed by atoms with Crippen LogP contribution in [0.25, 0.3) is 0 Å². The maximum Gasteiger partial charge on any atom is 0.0387 e. The van der Waals surface area contributed by atoms with Gasteiger partial charge in [0.15, 0.2) is 0 Å². The molecule has 2 aromatic rings. The van der Waals surface area contributed by atoms with Crippen molar-refractivity contribution in [2.45, 2.75) is 102 Å². The third-order valence-electron chi connectivity index (χ3n) is 7.33. The van der Waals surface area contributed by atoms with Gasteiger partial charge in [-0.2, -0.15) is 0 Å². The Labute approximate surface area is 260 Å². The lowest BCUT2D eigenvalue weighted by molar-refractivity contribution is 0.425. The highest BCUT2D eigenvalue weighted by Crippen LogP contribution is 2.23. The summed E-state index contributed by atoms with van der Waals surface area (Å²) in [6, 6.07) is 18.4. The standard InChI is InChI=1S/C15H26N2.C13H20N2.C8H10.C2H6/c1-8-14(9-2)15(11-16-12(4)5)13(6)17(7)10-3;1-10-4-6-13(7-5-10)15-9-11(2)14-8-12(15)3;1-7-5-3-4-6-8(7)2;1-2/h8,11H,6,9-10H2,1-5,7H3;4-7,11-12,14H,8-9H2,1-3H3;3-6H,1-2H3;1-2H3/b14-8+,15-11+;;;/t;11-,12+;;/m.0../s1. The normalized spacial score (nSPS) is 16.5. The Morgan fingerprint density at radius 1 is 1.00 bits per heavy atom. The fourth-order valence-corrected chi connectivity index (χ4v) is 4.26. The van der Waals surface area contributed by atoms with Crippen molar-refractivity contribution in [2.24, 2.45) is 4.99 Å². The SMILES string of the molecule is C=C(C(=C\N=C(C)C)/C(=C/C)CC)N(C)CC.CC.Cc1ccc(N2C[C@H](C)NC[C@H]2C)cc1.Cc1ccccc1C. The van der Waals surface area contributed by atoms with Gasteiger partial charge < -0.3 is 15.1 Å². The molecule has 0 aliphatic carbocycles. The monoisotopic (exact) mass is 574 g/mol. The second kappa shape index (κ2) is 21.6. The zero-order chi connectivity index (χ0) is 32.2. The zero-order valence-electron chi connectivity index (χ0n) is 29.3. The average molecular weight is 575 g/mol. The number of hydrogen-bond donors (Lipinski definition) is 1. The molecule has 1 aliphatic heterocycles. The fraction of sp³-hybridized carbons (Fsp3) is 0.500. The predicted octanol–water partition coefficient (Wildman–Crippen LogP) is 9.68. The van der Waals surface area contributed by atoms with Crippen LogP contribution in [0.15, 0.2) is 89.2 Å². The fourth-order valence-electron chi connectivity index (χ4n) is 4.26. The van der Waals surface area contributed by atoms with E-state index in [1.54, 1.807) is 0 Å². The van der Waals surface area contributed by atoms with Crippen LogP contribution in [-0.4, -0.2) is 49.4 Å². The largest absolute Gasteiger partial charge is 0.375 e. The molecular weight excluding hydrogens is 512 g/mol. The number of anilines is 1. The summed E-state index contributed by atoms with van der Waals surface area (Å²) >= 11 is 0. The molecule has 4 heteroatoms. The molecular formula is C38H62N4. The molecule has 0 spiro atoms. The van der Waals surface area contributed by atoms with Crippen molar-refractivity contribution in [3.05, 3.63) is 101 Å². The Morgan fingerprint density at radius 2 is 1.55 bits per heavy atom. The van der Waals surface area contributed by atoms with Gasteiger partial charge >= 0.3 is 0 Å². The molecule has 2 atom stereocenters. The second-order valence-electron chi connectivity index (χ2n) is 11.0. The van der Waals surface area contributed by atoms with E-state index in [1.807, 2.05) is 33.9 Å². The molecule has 1 fully saturated rings. The van der Waals surface area contributed by atoms with Gasteiger partial charge in [0.2, 0.25) is 0 Å². The van der Waals surface area contributed by atoms with E-state index in [-0.39, 0.29) is 0 Å². The van der Waals surface area contributed by atoms with Crippen LogP contribution < -0.4 is 10.2 Å². The Morgan fingerprint density at radius 3 is 1.98 bits per heavy atom. The van der Waals surface area contributed by atoms with Gasteiger partial charge in [0.1, 0.15) is 0 Å². The maximum absolute atomic E-state index is 4.41. The molecule has 3 rings (SSSR count). The van der Waals surface area contributed by atoms with Crippen LogP contribution in [0.3, 0.4) is 0 Å². The summed E-state index contributed by atoms with van der Waals surface area (Å²) < 4.78 is 0. The molecule has 1 aliphatic rings. The molecule has 1 N–H and O–H groups in total. The van der Waals surface area contributed by atoms with E-state index >= 15 is 0 Å². The first-order chi connectivity index (χ1) is 19.9. The molecule has 0 radical (unpaired) electrons. The summed E-state index contributed by atoms with van der Waals surface area (Å²) in [7, 11) is 2.06. The number of nitrogens with one attached hydrogen (secondary N) is 1. The molecule has 0 saturated carbocycles. The van der Waals surface area contributed by atoms with Gasteiger partial charge in [-0.1, -0.05) is 75.4 Å². The number of allylic oxidation sites excluding steroid dienone is 2. The van der Waals surface area contributed by atoms with Crippen molar-refractivity contribution in [1.82, 2.24) is 10.2 Å². The molecule has 1 heterocycles. The number of piperazine rings is 1. The van der Waals surface area contributed by atoms with Crippen LogP contribution in [0.2, 0.25) is 0 Å². The number of nitrogens with zero attached hydrogens (tertiary/aromatic N) is 3. The van der Waals surface area contributed by atoms with Crippen LogP contribution in [0, 0.1) is 20.8 Å². The van der Waals surface area contributed by atoms with Gasteiger partial charge in [-0.25, -0.2) is 0 Å².